The third-order valence-corrected chi connectivity index (χ3v) is 18.7. The average molecular weight is 934 g/mol. The van der Waals surface area contributed by atoms with Gasteiger partial charge in [-0.25, -0.2) is 0 Å². The van der Waals surface area contributed by atoms with Crippen LogP contribution in [0.25, 0.3) is 55.8 Å². The van der Waals surface area contributed by atoms with E-state index in [9.17, 15) is 0 Å². The summed E-state index contributed by atoms with van der Waals surface area (Å²) in [6, 6.07) is 100.0. The molecule has 0 saturated heterocycles. The highest BCUT2D eigenvalue weighted by Gasteiger charge is 2.47. The van der Waals surface area contributed by atoms with E-state index in [2.05, 4.69) is 285 Å². The summed E-state index contributed by atoms with van der Waals surface area (Å²) in [6.07, 6.45) is 2.78. The zero-order valence-corrected chi connectivity index (χ0v) is 41.5. The molecule has 0 N–H and O–H groups in total. The first kappa shape index (κ1) is 45.5. The molecule has 11 rings (SSSR count). The van der Waals surface area contributed by atoms with E-state index in [1.165, 1.54) is 99.7 Å². The Morgan fingerprint density at radius 3 is 1.34 bits per heavy atom. The van der Waals surface area contributed by atoms with Crippen LogP contribution in [0.2, 0.25) is 0 Å². The van der Waals surface area contributed by atoms with Gasteiger partial charge in [0.05, 0.1) is 11.4 Å². The second-order valence-electron chi connectivity index (χ2n) is 19.0. The fourth-order valence-electron chi connectivity index (χ4n) is 10.6. The van der Waals surface area contributed by atoms with Crippen LogP contribution in [0.5, 0.6) is 0 Å². The Labute approximate surface area is 422 Å². The first-order chi connectivity index (χ1) is 35.0. The summed E-state index contributed by atoms with van der Waals surface area (Å²) in [4.78, 5) is 1.41. The highest BCUT2D eigenvalue weighted by atomic mass is 32.3. The molecule has 0 bridgehead atoms. The Balaban J connectivity index is 1.15. The fraction of sp³-hybridized carbons (Fsp3) is 0.101. The molecule has 10 aromatic rings. The molecule has 1 aliphatic heterocycles. The van der Waals surface area contributed by atoms with Crippen molar-refractivity contribution in [1.82, 2.24) is 0 Å². The van der Waals surface area contributed by atoms with Crippen molar-refractivity contribution in [2.24, 2.45) is 0 Å². The maximum atomic E-state index is 2.89. The number of benzene rings is 10. The van der Waals surface area contributed by atoms with Crippen LogP contribution >= 0.6 is 10.2 Å². The van der Waals surface area contributed by atoms with Crippen molar-refractivity contribution in [3.05, 3.63) is 300 Å². The number of nitrogens with zero attached hydrogens (tertiary/aromatic N) is 1. The topological polar surface area (TPSA) is 3.24 Å². The molecule has 2 heteroatoms. The Morgan fingerprint density at radius 2 is 0.789 bits per heavy atom. The summed E-state index contributed by atoms with van der Waals surface area (Å²) in [7, 11) is -2.01. The molecular weight excluding hydrogens is 875 g/mol. The standard InChI is InChI=1S/C69H59NS/c1-51-35-39-54(40-36-51)46-67-50-68(57-24-11-5-12-25-57)69(58-26-13-6-14-27-58)70(65-41-37-52(2)38-42-65)71(67,66-34-18-33-64(49-66)63-32-17-30-61(48-63)56-22-9-4-10-23-56)44-43-53-19-15-28-59(45-53)62-31-16-29-60(47-62)55-20-7-3-8-21-55/h3-42,45,47-49,67H,43-44,46,50H2,1-2H3. The van der Waals surface area contributed by atoms with E-state index in [4.69, 9.17) is 0 Å². The van der Waals surface area contributed by atoms with Crippen molar-refractivity contribution in [3.8, 4) is 44.5 Å². The van der Waals surface area contributed by atoms with E-state index in [-0.39, 0.29) is 5.25 Å². The molecule has 1 nitrogen and oxygen atoms in total. The van der Waals surface area contributed by atoms with Gasteiger partial charge in [0, 0.05) is 15.9 Å². The van der Waals surface area contributed by atoms with E-state index in [0.717, 1.165) is 25.0 Å². The van der Waals surface area contributed by atoms with Gasteiger partial charge in [0.25, 0.3) is 0 Å². The molecule has 0 amide bonds. The Kier molecular flexibility index (Phi) is 13.2. The maximum absolute atomic E-state index is 2.89. The van der Waals surface area contributed by atoms with Crippen LogP contribution in [0, 0.1) is 13.8 Å². The fourth-order valence-corrected chi connectivity index (χ4v) is 15.4. The first-order valence-corrected chi connectivity index (χ1v) is 26.9. The minimum absolute atomic E-state index is 0.241. The highest BCUT2D eigenvalue weighted by molar-refractivity contribution is 8.35. The molecule has 0 radical (unpaired) electrons. The number of anilines is 1. The third-order valence-electron chi connectivity index (χ3n) is 14.3. The van der Waals surface area contributed by atoms with Crippen LogP contribution in [0.15, 0.2) is 272 Å². The largest absolute Gasteiger partial charge is 0.298 e. The van der Waals surface area contributed by atoms with E-state index in [1.807, 2.05) is 0 Å². The predicted molar refractivity (Wildman–Crippen MR) is 306 cm³/mol. The van der Waals surface area contributed by atoms with E-state index < -0.39 is 10.2 Å². The van der Waals surface area contributed by atoms with Gasteiger partial charge in [-0.1, -0.05) is 242 Å². The summed E-state index contributed by atoms with van der Waals surface area (Å²) >= 11 is 0. The molecule has 1 heterocycles. The highest BCUT2D eigenvalue weighted by Crippen LogP contribution is 2.71. The lowest BCUT2D eigenvalue weighted by molar-refractivity contribution is 0.840. The summed E-state index contributed by atoms with van der Waals surface area (Å²) in [5, 5.41) is 0.241. The van der Waals surface area contributed by atoms with Crippen molar-refractivity contribution < 1.29 is 0 Å². The van der Waals surface area contributed by atoms with Gasteiger partial charge in [0.15, 0.2) is 0 Å². The van der Waals surface area contributed by atoms with Gasteiger partial charge >= 0.3 is 0 Å². The smallest absolute Gasteiger partial charge is 0.0622 e. The van der Waals surface area contributed by atoms with Crippen LogP contribution < -0.4 is 4.31 Å². The van der Waals surface area contributed by atoms with E-state index in [1.54, 1.807) is 0 Å². The normalized spacial score (nSPS) is 16.6. The number of rotatable bonds is 13. The molecular formula is C69H59NS. The summed E-state index contributed by atoms with van der Waals surface area (Å²) < 4.78 is 2.89. The van der Waals surface area contributed by atoms with Crippen LogP contribution in [0.1, 0.15) is 39.8 Å². The molecule has 0 saturated carbocycles. The molecule has 2 unspecified atom stereocenters. The van der Waals surface area contributed by atoms with Crippen molar-refractivity contribution in [2.45, 2.75) is 43.3 Å². The molecule has 0 aliphatic carbocycles. The SMILES string of the molecule is Cc1ccc(CC2CC(c3ccccc3)=C(c3ccccc3)N(c3ccc(C)cc3)S2(CCc2cccc(-c3cccc(-c4ccccc4)c3)c2)c2cccc(-c3cccc(-c4ccccc4)c3)c2)cc1. The minimum atomic E-state index is -2.01. The lowest BCUT2D eigenvalue weighted by atomic mass is 9.93. The van der Waals surface area contributed by atoms with Crippen molar-refractivity contribution in [3.63, 3.8) is 0 Å². The van der Waals surface area contributed by atoms with Crippen LogP contribution in [0.3, 0.4) is 0 Å². The van der Waals surface area contributed by atoms with Crippen LogP contribution in [-0.4, -0.2) is 11.0 Å². The average Bonchev–Trinajstić information content (AvgIpc) is 3.44. The first-order valence-electron chi connectivity index (χ1n) is 25.1. The lowest BCUT2D eigenvalue weighted by Gasteiger charge is -2.59. The van der Waals surface area contributed by atoms with Crippen molar-refractivity contribution in [2.75, 3.05) is 10.1 Å². The molecule has 2 atom stereocenters. The maximum Gasteiger partial charge on any atom is 0.0622 e. The second kappa shape index (κ2) is 20.6. The molecule has 0 aromatic heterocycles. The zero-order chi connectivity index (χ0) is 48.0. The van der Waals surface area contributed by atoms with Crippen molar-refractivity contribution in [1.29, 1.82) is 0 Å². The van der Waals surface area contributed by atoms with Gasteiger partial charge in [-0.2, -0.15) is 0 Å². The van der Waals surface area contributed by atoms with Gasteiger partial charge in [-0.15, -0.1) is 10.2 Å². The number of hydrogen-bond donors (Lipinski definition) is 0. The number of hydrogen-bond acceptors (Lipinski definition) is 1. The third kappa shape index (κ3) is 9.69. The van der Waals surface area contributed by atoms with Crippen LogP contribution in [0.4, 0.5) is 5.69 Å². The second-order valence-corrected chi connectivity index (χ2v) is 22.5. The quantitative estimate of drug-likeness (QED) is 0.111. The van der Waals surface area contributed by atoms with Crippen molar-refractivity contribution >= 4 is 27.2 Å². The summed E-state index contributed by atoms with van der Waals surface area (Å²) in [5.74, 6) is 0.955. The molecule has 0 fully saturated rings. The minimum Gasteiger partial charge on any atom is -0.298 e. The predicted octanol–water partition coefficient (Wildman–Crippen LogP) is 18.4. The molecule has 346 valence electrons. The Bertz CT molecular complexity index is 3420. The van der Waals surface area contributed by atoms with Crippen LogP contribution in [-0.2, 0) is 12.8 Å². The molecule has 10 aromatic carbocycles. The zero-order valence-electron chi connectivity index (χ0n) is 40.7. The summed E-state index contributed by atoms with van der Waals surface area (Å²) in [6.45, 7) is 4.41. The molecule has 71 heavy (non-hydrogen) atoms. The van der Waals surface area contributed by atoms with E-state index >= 15 is 0 Å². The molecule has 0 spiro atoms. The van der Waals surface area contributed by atoms with Gasteiger partial charge in [0.2, 0.25) is 0 Å². The Hall–Kier alpha value is -7.91. The molecule has 1 aliphatic rings. The summed E-state index contributed by atoms with van der Waals surface area (Å²) in [5.41, 5.74) is 21.6. The Morgan fingerprint density at radius 1 is 0.366 bits per heavy atom. The lowest BCUT2D eigenvalue weighted by Crippen LogP contribution is -2.42. The van der Waals surface area contributed by atoms with Gasteiger partial charge in [0.1, 0.15) is 0 Å². The number of allylic oxidation sites excluding steroid dienone is 1. The monoisotopic (exact) mass is 933 g/mol. The van der Waals surface area contributed by atoms with Gasteiger partial charge in [-0.3, -0.25) is 4.31 Å². The van der Waals surface area contributed by atoms with Gasteiger partial charge < -0.3 is 0 Å². The number of aryl methyl sites for hydroxylation is 3. The van der Waals surface area contributed by atoms with Gasteiger partial charge in [-0.05, 0) is 142 Å². The van der Waals surface area contributed by atoms with E-state index in [0.29, 0.717) is 0 Å².